The Labute approximate surface area is 152 Å². The Hall–Kier alpha value is -3.15. The topological polar surface area (TPSA) is 51.8 Å². The van der Waals surface area contributed by atoms with Gasteiger partial charge in [0.2, 0.25) is 0 Å². The SMILES string of the molecule is CCc1cc(-c2cn(C)cn2)ccc1N(C)c1cc2c(cn1)ncn2C. The molecule has 0 atom stereocenters. The van der Waals surface area contributed by atoms with Crippen LogP contribution in [0.25, 0.3) is 22.3 Å². The van der Waals surface area contributed by atoms with Crippen molar-refractivity contribution in [2.24, 2.45) is 14.1 Å². The first-order valence-corrected chi connectivity index (χ1v) is 8.69. The van der Waals surface area contributed by atoms with Crippen LogP contribution in [0.3, 0.4) is 0 Å². The van der Waals surface area contributed by atoms with Gasteiger partial charge in [0.1, 0.15) is 11.3 Å². The van der Waals surface area contributed by atoms with Crippen molar-refractivity contribution in [3.8, 4) is 11.3 Å². The number of anilines is 2. The third-order valence-electron chi connectivity index (χ3n) is 4.76. The zero-order chi connectivity index (χ0) is 18.3. The molecule has 0 fully saturated rings. The predicted octanol–water partition coefficient (Wildman–Crippen LogP) is 3.70. The molecule has 3 heterocycles. The normalized spacial score (nSPS) is 11.2. The molecule has 6 heteroatoms. The average molecular weight is 346 g/mol. The van der Waals surface area contributed by atoms with Crippen LogP contribution in [-0.4, -0.2) is 31.1 Å². The first-order valence-electron chi connectivity index (χ1n) is 8.69. The van der Waals surface area contributed by atoms with Crippen LogP contribution >= 0.6 is 0 Å². The highest BCUT2D eigenvalue weighted by molar-refractivity contribution is 5.79. The molecule has 0 bridgehead atoms. The van der Waals surface area contributed by atoms with Gasteiger partial charge in [0.25, 0.3) is 0 Å². The van der Waals surface area contributed by atoms with E-state index < -0.39 is 0 Å². The number of fused-ring (bicyclic) bond motifs is 1. The minimum Gasteiger partial charge on any atom is -0.340 e. The molecule has 0 aliphatic heterocycles. The number of rotatable bonds is 4. The van der Waals surface area contributed by atoms with E-state index in [1.54, 1.807) is 0 Å². The molecule has 3 aromatic heterocycles. The summed E-state index contributed by atoms with van der Waals surface area (Å²) in [4.78, 5) is 15.5. The van der Waals surface area contributed by atoms with Crippen molar-refractivity contribution >= 4 is 22.5 Å². The number of imidazole rings is 2. The number of hydrogen-bond donors (Lipinski definition) is 0. The second-order valence-corrected chi connectivity index (χ2v) is 6.57. The molecule has 0 spiro atoms. The number of benzene rings is 1. The lowest BCUT2D eigenvalue weighted by Gasteiger charge is -2.22. The Morgan fingerprint density at radius 3 is 2.62 bits per heavy atom. The first kappa shape index (κ1) is 16.3. The van der Waals surface area contributed by atoms with E-state index in [1.165, 1.54) is 5.56 Å². The molecule has 0 unspecified atom stereocenters. The van der Waals surface area contributed by atoms with Crippen LogP contribution in [0.4, 0.5) is 11.5 Å². The molecule has 0 saturated carbocycles. The van der Waals surface area contributed by atoms with Gasteiger partial charge in [-0.05, 0) is 24.1 Å². The molecule has 1 aromatic carbocycles. The van der Waals surface area contributed by atoms with E-state index in [4.69, 9.17) is 0 Å². The Morgan fingerprint density at radius 1 is 1.04 bits per heavy atom. The quantitative estimate of drug-likeness (QED) is 0.565. The van der Waals surface area contributed by atoms with E-state index in [9.17, 15) is 0 Å². The second-order valence-electron chi connectivity index (χ2n) is 6.57. The molecule has 0 N–H and O–H groups in total. The molecular formula is C20H22N6. The minimum absolute atomic E-state index is 0.904. The van der Waals surface area contributed by atoms with Crippen LogP contribution in [0.2, 0.25) is 0 Å². The molecule has 4 rings (SSSR count). The van der Waals surface area contributed by atoms with Crippen molar-refractivity contribution in [3.63, 3.8) is 0 Å². The van der Waals surface area contributed by atoms with Gasteiger partial charge in [0.05, 0.1) is 30.1 Å². The Balaban J connectivity index is 1.74. The number of pyridine rings is 1. The number of nitrogens with zero attached hydrogens (tertiary/aromatic N) is 6. The molecule has 0 amide bonds. The second kappa shape index (κ2) is 6.29. The maximum absolute atomic E-state index is 4.59. The smallest absolute Gasteiger partial charge is 0.134 e. The zero-order valence-corrected chi connectivity index (χ0v) is 15.5. The van der Waals surface area contributed by atoms with E-state index in [2.05, 4.69) is 58.1 Å². The molecule has 0 aliphatic carbocycles. The van der Waals surface area contributed by atoms with Crippen LogP contribution < -0.4 is 4.90 Å². The molecule has 26 heavy (non-hydrogen) atoms. The van der Waals surface area contributed by atoms with Gasteiger partial charge in [-0.15, -0.1) is 0 Å². The summed E-state index contributed by atoms with van der Waals surface area (Å²) in [5.74, 6) is 0.904. The van der Waals surface area contributed by atoms with Crippen LogP contribution in [0.15, 0.2) is 49.3 Å². The fraction of sp³-hybridized carbons (Fsp3) is 0.250. The lowest BCUT2D eigenvalue weighted by Crippen LogP contribution is -2.13. The van der Waals surface area contributed by atoms with Crippen LogP contribution in [-0.2, 0) is 20.5 Å². The molecule has 0 saturated heterocycles. The van der Waals surface area contributed by atoms with Gasteiger partial charge in [-0.25, -0.2) is 15.0 Å². The number of aryl methyl sites for hydroxylation is 3. The maximum atomic E-state index is 4.59. The number of hydrogen-bond acceptors (Lipinski definition) is 4. The van der Waals surface area contributed by atoms with Crippen molar-refractivity contribution in [1.29, 1.82) is 0 Å². The van der Waals surface area contributed by atoms with Crippen molar-refractivity contribution < 1.29 is 0 Å². The van der Waals surface area contributed by atoms with Gasteiger partial charge in [0, 0.05) is 44.7 Å². The summed E-state index contributed by atoms with van der Waals surface area (Å²) < 4.78 is 3.98. The van der Waals surface area contributed by atoms with Gasteiger partial charge in [0.15, 0.2) is 0 Å². The summed E-state index contributed by atoms with van der Waals surface area (Å²) in [6.45, 7) is 2.17. The molecule has 0 aliphatic rings. The number of aromatic nitrogens is 5. The van der Waals surface area contributed by atoms with E-state index in [1.807, 2.05) is 48.3 Å². The third-order valence-corrected chi connectivity index (χ3v) is 4.76. The van der Waals surface area contributed by atoms with Gasteiger partial charge in [-0.1, -0.05) is 13.0 Å². The van der Waals surface area contributed by atoms with Crippen LogP contribution in [0.5, 0.6) is 0 Å². The van der Waals surface area contributed by atoms with E-state index in [0.29, 0.717) is 0 Å². The lowest BCUT2D eigenvalue weighted by molar-refractivity contribution is 0.913. The molecule has 4 aromatic rings. The van der Waals surface area contributed by atoms with E-state index in [-0.39, 0.29) is 0 Å². The predicted molar refractivity (Wildman–Crippen MR) is 105 cm³/mol. The van der Waals surface area contributed by atoms with Crippen molar-refractivity contribution in [1.82, 2.24) is 24.1 Å². The minimum atomic E-state index is 0.904. The monoisotopic (exact) mass is 346 g/mol. The highest BCUT2D eigenvalue weighted by Crippen LogP contribution is 2.31. The highest BCUT2D eigenvalue weighted by atomic mass is 15.2. The van der Waals surface area contributed by atoms with Gasteiger partial charge in [-0.2, -0.15) is 0 Å². The zero-order valence-electron chi connectivity index (χ0n) is 15.5. The molecule has 0 radical (unpaired) electrons. The van der Waals surface area contributed by atoms with Gasteiger partial charge in [-0.3, -0.25) is 0 Å². The summed E-state index contributed by atoms with van der Waals surface area (Å²) >= 11 is 0. The van der Waals surface area contributed by atoms with Crippen LogP contribution in [0, 0.1) is 0 Å². The van der Waals surface area contributed by atoms with Crippen molar-refractivity contribution in [2.75, 3.05) is 11.9 Å². The van der Waals surface area contributed by atoms with E-state index in [0.717, 1.165) is 40.2 Å². The molecular weight excluding hydrogens is 324 g/mol. The Kier molecular flexibility index (Phi) is 3.95. The standard InChI is InChI=1S/C20H22N6/c1-5-14-8-15(17-11-24(2)12-22-17)6-7-18(14)26(4)20-9-19-16(10-21-20)23-13-25(19)3/h6-13H,5H2,1-4H3. The lowest BCUT2D eigenvalue weighted by atomic mass is 10.0. The molecule has 132 valence electrons. The fourth-order valence-electron chi connectivity index (χ4n) is 3.24. The van der Waals surface area contributed by atoms with Crippen molar-refractivity contribution in [3.05, 3.63) is 54.9 Å². The maximum Gasteiger partial charge on any atom is 0.134 e. The largest absolute Gasteiger partial charge is 0.340 e. The molecule has 6 nitrogen and oxygen atoms in total. The van der Waals surface area contributed by atoms with E-state index >= 15 is 0 Å². The third kappa shape index (κ3) is 2.73. The fourth-order valence-corrected chi connectivity index (χ4v) is 3.24. The van der Waals surface area contributed by atoms with Gasteiger partial charge < -0.3 is 14.0 Å². The van der Waals surface area contributed by atoms with Crippen LogP contribution in [0.1, 0.15) is 12.5 Å². The Morgan fingerprint density at radius 2 is 1.88 bits per heavy atom. The summed E-state index contributed by atoms with van der Waals surface area (Å²) in [7, 11) is 6.04. The van der Waals surface area contributed by atoms with Crippen molar-refractivity contribution in [2.45, 2.75) is 13.3 Å². The summed E-state index contributed by atoms with van der Waals surface area (Å²) in [6, 6.07) is 8.57. The highest BCUT2D eigenvalue weighted by Gasteiger charge is 2.13. The van der Waals surface area contributed by atoms with Gasteiger partial charge >= 0.3 is 0 Å². The summed E-state index contributed by atoms with van der Waals surface area (Å²) in [6.07, 6.45) is 8.45. The summed E-state index contributed by atoms with van der Waals surface area (Å²) in [5, 5.41) is 0. The first-order chi connectivity index (χ1) is 12.6. The average Bonchev–Trinajstić information content (AvgIpc) is 3.26. The summed E-state index contributed by atoms with van der Waals surface area (Å²) in [5.41, 5.74) is 6.53. The Bertz CT molecular complexity index is 1080.